The minimum Gasteiger partial charge on any atom is -0.466 e. The number of carbonyl (C=O) groups is 1. The fourth-order valence-corrected chi connectivity index (χ4v) is 1.68. The van der Waals surface area contributed by atoms with Gasteiger partial charge in [0.25, 0.3) is 0 Å². The summed E-state index contributed by atoms with van der Waals surface area (Å²) in [6.45, 7) is 6.78. The lowest BCUT2D eigenvalue weighted by Crippen LogP contribution is -2.28. The number of hydrogen-bond donors (Lipinski definition) is 0. The van der Waals surface area contributed by atoms with Crippen LogP contribution in [0.3, 0.4) is 0 Å². The van der Waals surface area contributed by atoms with E-state index in [1.165, 1.54) is 13.2 Å². The van der Waals surface area contributed by atoms with Crippen LogP contribution in [0.5, 0.6) is 0 Å². The van der Waals surface area contributed by atoms with Gasteiger partial charge in [-0.3, -0.25) is 0 Å². The first-order valence-electron chi connectivity index (χ1n) is 6.93. The number of ether oxygens (including phenoxy) is 3. The van der Waals surface area contributed by atoms with Crippen molar-refractivity contribution in [2.24, 2.45) is 5.41 Å². The SMILES string of the molecule is COC(=O)/C=C/[C@@H](OCOCc1ccccc1)C(C)(C)C. The zero-order valence-electron chi connectivity index (χ0n) is 13.2. The maximum atomic E-state index is 11.2. The van der Waals surface area contributed by atoms with Gasteiger partial charge in [-0.15, -0.1) is 0 Å². The Balaban J connectivity index is 2.43. The number of carbonyl (C=O) groups excluding carboxylic acids is 1. The third kappa shape index (κ3) is 7.06. The van der Waals surface area contributed by atoms with Crippen molar-refractivity contribution >= 4 is 5.97 Å². The summed E-state index contributed by atoms with van der Waals surface area (Å²) in [6.07, 6.45) is 2.86. The summed E-state index contributed by atoms with van der Waals surface area (Å²) in [7, 11) is 1.35. The van der Waals surface area contributed by atoms with E-state index in [2.05, 4.69) is 4.74 Å². The average Bonchev–Trinajstić information content (AvgIpc) is 2.45. The molecule has 0 radical (unpaired) electrons. The molecule has 0 heterocycles. The lowest BCUT2D eigenvalue weighted by Gasteiger charge is -2.28. The molecule has 1 rings (SSSR count). The average molecular weight is 292 g/mol. The molecular formula is C17H24O4. The van der Waals surface area contributed by atoms with Gasteiger partial charge >= 0.3 is 5.97 Å². The Morgan fingerprint density at radius 3 is 2.48 bits per heavy atom. The van der Waals surface area contributed by atoms with Crippen LogP contribution in [-0.2, 0) is 25.6 Å². The predicted octanol–water partition coefficient (Wildman–Crippen LogP) is 3.32. The molecule has 0 bridgehead atoms. The maximum Gasteiger partial charge on any atom is 0.330 e. The fourth-order valence-electron chi connectivity index (χ4n) is 1.68. The van der Waals surface area contributed by atoms with Crippen molar-refractivity contribution < 1.29 is 19.0 Å². The molecule has 0 saturated heterocycles. The first-order valence-corrected chi connectivity index (χ1v) is 6.93. The minimum atomic E-state index is -0.391. The standard InChI is InChI=1S/C17H24O4/c1-17(2,3)15(10-11-16(18)19-4)21-13-20-12-14-8-6-5-7-9-14/h5-11,15H,12-13H2,1-4H3/b11-10+/t15-/m1/s1. The number of methoxy groups -OCH3 is 1. The van der Waals surface area contributed by atoms with Gasteiger partial charge in [-0.05, 0) is 17.1 Å². The van der Waals surface area contributed by atoms with Crippen LogP contribution in [-0.4, -0.2) is 26.0 Å². The first kappa shape index (κ1) is 17.4. The molecule has 4 nitrogen and oxygen atoms in total. The van der Waals surface area contributed by atoms with E-state index in [0.717, 1.165) is 5.56 Å². The van der Waals surface area contributed by atoms with Crippen LogP contribution >= 0.6 is 0 Å². The van der Waals surface area contributed by atoms with Crippen LogP contribution in [0.15, 0.2) is 42.5 Å². The third-order valence-corrected chi connectivity index (χ3v) is 2.90. The van der Waals surface area contributed by atoms with Gasteiger partial charge in [0.15, 0.2) is 0 Å². The van der Waals surface area contributed by atoms with Crippen LogP contribution in [0.4, 0.5) is 0 Å². The van der Waals surface area contributed by atoms with Crippen molar-refractivity contribution in [3.8, 4) is 0 Å². The van der Waals surface area contributed by atoms with Gasteiger partial charge in [0.05, 0.1) is 19.8 Å². The van der Waals surface area contributed by atoms with Crippen molar-refractivity contribution in [3.05, 3.63) is 48.0 Å². The van der Waals surface area contributed by atoms with Gasteiger partial charge < -0.3 is 14.2 Å². The van der Waals surface area contributed by atoms with Crippen LogP contribution in [0.2, 0.25) is 0 Å². The maximum absolute atomic E-state index is 11.2. The number of rotatable bonds is 7. The Hall–Kier alpha value is -1.65. The number of hydrogen-bond acceptors (Lipinski definition) is 4. The minimum absolute atomic E-state index is 0.138. The topological polar surface area (TPSA) is 44.8 Å². The summed E-state index contributed by atoms with van der Waals surface area (Å²) in [5, 5.41) is 0. The second-order valence-electron chi connectivity index (χ2n) is 5.79. The highest BCUT2D eigenvalue weighted by Crippen LogP contribution is 2.23. The summed E-state index contributed by atoms with van der Waals surface area (Å²) < 4.78 is 15.8. The van der Waals surface area contributed by atoms with Gasteiger partial charge in [-0.1, -0.05) is 51.1 Å². The molecule has 4 heteroatoms. The predicted molar refractivity (Wildman–Crippen MR) is 81.6 cm³/mol. The molecule has 0 saturated carbocycles. The van der Waals surface area contributed by atoms with Crippen molar-refractivity contribution in [1.82, 2.24) is 0 Å². The monoisotopic (exact) mass is 292 g/mol. The highest BCUT2D eigenvalue weighted by atomic mass is 16.7. The lowest BCUT2D eigenvalue weighted by molar-refractivity contribution is -0.135. The summed E-state index contributed by atoms with van der Waals surface area (Å²) in [5.41, 5.74) is 0.958. The number of benzene rings is 1. The molecular weight excluding hydrogens is 268 g/mol. The Kier molecular flexibility index (Phi) is 7.12. The van der Waals surface area contributed by atoms with E-state index in [9.17, 15) is 4.79 Å². The molecule has 0 spiro atoms. The second-order valence-corrected chi connectivity index (χ2v) is 5.79. The highest BCUT2D eigenvalue weighted by Gasteiger charge is 2.23. The summed E-state index contributed by atoms with van der Waals surface area (Å²) in [6, 6.07) is 9.90. The second kappa shape index (κ2) is 8.60. The molecule has 0 fully saturated rings. The Bertz CT molecular complexity index is 446. The summed E-state index contributed by atoms with van der Waals surface area (Å²) >= 11 is 0. The molecule has 0 unspecified atom stereocenters. The molecule has 0 amide bonds. The van der Waals surface area contributed by atoms with Crippen LogP contribution in [0.1, 0.15) is 26.3 Å². The number of esters is 1. The van der Waals surface area contributed by atoms with Crippen LogP contribution in [0, 0.1) is 5.41 Å². The van der Waals surface area contributed by atoms with E-state index >= 15 is 0 Å². The fraction of sp³-hybridized carbons (Fsp3) is 0.471. The Labute approximate surface area is 126 Å². The molecule has 0 aliphatic carbocycles. The van der Waals surface area contributed by atoms with E-state index < -0.39 is 5.97 Å². The smallest absolute Gasteiger partial charge is 0.330 e. The normalized spacial score (nSPS) is 13.3. The van der Waals surface area contributed by atoms with Gasteiger partial charge in [-0.2, -0.15) is 0 Å². The molecule has 1 aromatic rings. The summed E-state index contributed by atoms with van der Waals surface area (Å²) in [5.74, 6) is -0.391. The Morgan fingerprint density at radius 1 is 1.24 bits per heavy atom. The van der Waals surface area contributed by atoms with E-state index in [0.29, 0.717) is 6.61 Å². The zero-order valence-corrected chi connectivity index (χ0v) is 13.2. The zero-order chi connectivity index (χ0) is 15.7. The molecule has 116 valence electrons. The van der Waals surface area contributed by atoms with Crippen molar-refractivity contribution in [2.75, 3.05) is 13.9 Å². The van der Waals surface area contributed by atoms with Gasteiger partial charge in [-0.25, -0.2) is 4.79 Å². The van der Waals surface area contributed by atoms with E-state index in [4.69, 9.17) is 9.47 Å². The molecule has 0 N–H and O–H groups in total. The van der Waals surface area contributed by atoms with Crippen LogP contribution in [0.25, 0.3) is 0 Å². The molecule has 0 aliphatic heterocycles. The van der Waals surface area contributed by atoms with Gasteiger partial charge in [0.2, 0.25) is 0 Å². The highest BCUT2D eigenvalue weighted by molar-refractivity contribution is 5.81. The quantitative estimate of drug-likeness (QED) is 0.335. The molecule has 21 heavy (non-hydrogen) atoms. The van der Waals surface area contributed by atoms with E-state index in [1.807, 2.05) is 51.1 Å². The van der Waals surface area contributed by atoms with Gasteiger partial charge in [0, 0.05) is 6.08 Å². The first-order chi connectivity index (χ1) is 9.93. The van der Waals surface area contributed by atoms with Crippen molar-refractivity contribution in [3.63, 3.8) is 0 Å². The van der Waals surface area contributed by atoms with E-state index in [-0.39, 0.29) is 18.3 Å². The van der Waals surface area contributed by atoms with Gasteiger partial charge in [0.1, 0.15) is 6.79 Å². The molecule has 1 atom stereocenters. The summed E-state index contributed by atoms with van der Waals surface area (Å²) in [4.78, 5) is 11.2. The Morgan fingerprint density at radius 2 is 1.90 bits per heavy atom. The lowest BCUT2D eigenvalue weighted by atomic mass is 9.89. The van der Waals surface area contributed by atoms with E-state index in [1.54, 1.807) is 6.08 Å². The van der Waals surface area contributed by atoms with Crippen LogP contribution < -0.4 is 0 Å². The molecule has 1 aromatic carbocycles. The largest absolute Gasteiger partial charge is 0.466 e. The third-order valence-electron chi connectivity index (χ3n) is 2.90. The molecule has 0 aromatic heterocycles. The van der Waals surface area contributed by atoms with Crippen molar-refractivity contribution in [1.29, 1.82) is 0 Å². The molecule has 0 aliphatic rings. The van der Waals surface area contributed by atoms with Crippen molar-refractivity contribution in [2.45, 2.75) is 33.5 Å².